The summed E-state index contributed by atoms with van der Waals surface area (Å²) < 4.78 is 0. The van der Waals surface area contributed by atoms with E-state index in [-0.39, 0.29) is 5.91 Å². The molecule has 0 radical (unpaired) electrons. The van der Waals surface area contributed by atoms with Gasteiger partial charge in [-0.1, -0.05) is 0 Å². The largest absolute Gasteiger partial charge is 0.335 e. The number of hydrogen-bond donors (Lipinski definition) is 1. The third kappa shape index (κ3) is 1.90. The summed E-state index contributed by atoms with van der Waals surface area (Å²) >= 11 is 0. The number of nitrogens with zero attached hydrogens (tertiary/aromatic N) is 2. The van der Waals surface area contributed by atoms with Crippen LogP contribution in [0.4, 0.5) is 0 Å². The minimum Gasteiger partial charge on any atom is -0.335 e. The van der Waals surface area contributed by atoms with Gasteiger partial charge in [-0.15, -0.1) is 0 Å². The number of hydrogen-bond acceptors (Lipinski definition) is 3. The van der Waals surface area contributed by atoms with E-state index in [4.69, 9.17) is 5.73 Å². The molecule has 2 N–H and O–H groups in total. The van der Waals surface area contributed by atoms with Gasteiger partial charge in [0.05, 0.1) is 5.56 Å². The van der Waals surface area contributed by atoms with Crippen molar-refractivity contribution in [1.82, 2.24) is 9.88 Å². The Morgan fingerprint density at radius 1 is 1.50 bits per heavy atom. The number of rotatable bonds is 2. The Morgan fingerprint density at radius 3 is 3.00 bits per heavy atom. The van der Waals surface area contributed by atoms with Crippen molar-refractivity contribution in [2.45, 2.75) is 25.3 Å². The average Bonchev–Trinajstić information content (AvgIpc) is 2.47. The normalized spacial score (nSPS) is 30.5. The van der Waals surface area contributed by atoms with Gasteiger partial charge >= 0.3 is 0 Å². The van der Waals surface area contributed by atoms with E-state index >= 15 is 0 Å². The summed E-state index contributed by atoms with van der Waals surface area (Å²) in [6.07, 6.45) is 6.79. The molecule has 4 heteroatoms. The Bertz CT molecular complexity index is 434. The van der Waals surface area contributed by atoms with E-state index in [1.54, 1.807) is 12.4 Å². The number of nitrogens with two attached hydrogens (primary N) is 1. The number of piperidine rings is 2. The fourth-order valence-corrected chi connectivity index (χ4v) is 3.42. The van der Waals surface area contributed by atoms with Gasteiger partial charge in [0.15, 0.2) is 0 Å². The molecular formula is C14H19N3O. The van der Waals surface area contributed by atoms with Crippen LogP contribution in [0.15, 0.2) is 24.5 Å². The molecular weight excluding hydrogens is 226 g/mol. The zero-order valence-corrected chi connectivity index (χ0v) is 10.5. The van der Waals surface area contributed by atoms with Gasteiger partial charge in [-0.2, -0.15) is 0 Å². The molecule has 3 atom stereocenters. The summed E-state index contributed by atoms with van der Waals surface area (Å²) in [6, 6.07) is 4.05. The molecule has 3 heterocycles. The van der Waals surface area contributed by atoms with Crippen LogP contribution in [0.2, 0.25) is 0 Å². The van der Waals surface area contributed by atoms with Crippen LogP contribution in [0.3, 0.4) is 0 Å². The first-order valence-corrected chi connectivity index (χ1v) is 6.70. The zero-order valence-electron chi connectivity index (χ0n) is 10.5. The van der Waals surface area contributed by atoms with Crippen molar-refractivity contribution in [2.24, 2.45) is 17.6 Å². The maximum Gasteiger partial charge on any atom is 0.255 e. The first-order valence-electron chi connectivity index (χ1n) is 6.70. The van der Waals surface area contributed by atoms with Crippen LogP contribution in [0.1, 0.15) is 29.6 Å². The van der Waals surface area contributed by atoms with Crippen LogP contribution in [-0.2, 0) is 0 Å². The lowest BCUT2D eigenvalue weighted by atomic mass is 9.72. The Kier molecular flexibility index (Phi) is 3.04. The van der Waals surface area contributed by atoms with Gasteiger partial charge in [0.2, 0.25) is 0 Å². The SMILES string of the molecule is NCC1CC2CCC1CN2C(=O)c1cccnc1. The summed E-state index contributed by atoms with van der Waals surface area (Å²) in [5, 5.41) is 0. The summed E-state index contributed by atoms with van der Waals surface area (Å²) in [4.78, 5) is 18.5. The minimum absolute atomic E-state index is 0.133. The highest BCUT2D eigenvalue weighted by atomic mass is 16.2. The molecule has 1 saturated carbocycles. The molecule has 96 valence electrons. The summed E-state index contributed by atoms with van der Waals surface area (Å²) in [6.45, 7) is 1.64. The van der Waals surface area contributed by atoms with Crippen molar-refractivity contribution in [3.05, 3.63) is 30.1 Å². The second kappa shape index (κ2) is 4.69. The molecule has 0 aromatic carbocycles. The van der Waals surface area contributed by atoms with Gasteiger partial charge in [0.25, 0.3) is 5.91 Å². The fraction of sp³-hybridized carbons (Fsp3) is 0.571. The molecule has 18 heavy (non-hydrogen) atoms. The van der Waals surface area contributed by atoms with Crippen molar-refractivity contribution in [2.75, 3.05) is 13.1 Å². The summed E-state index contributed by atoms with van der Waals surface area (Å²) in [5.74, 6) is 1.34. The van der Waals surface area contributed by atoms with E-state index < -0.39 is 0 Å². The Labute approximate surface area is 107 Å². The van der Waals surface area contributed by atoms with Crippen LogP contribution in [-0.4, -0.2) is 34.9 Å². The predicted octanol–water partition coefficient (Wildman–Crippen LogP) is 1.28. The Balaban J connectivity index is 1.77. The number of pyridine rings is 1. The van der Waals surface area contributed by atoms with Gasteiger partial charge < -0.3 is 10.6 Å². The molecule has 1 aromatic heterocycles. The predicted molar refractivity (Wildman–Crippen MR) is 68.9 cm³/mol. The first-order chi connectivity index (χ1) is 8.79. The van der Waals surface area contributed by atoms with Gasteiger partial charge in [0.1, 0.15) is 0 Å². The zero-order chi connectivity index (χ0) is 12.5. The number of aromatic nitrogens is 1. The molecule has 1 amide bonds. The fourth-order valence-electron chi connectivity index (χ4n) is 3.42. The Morgan fingerprint density at radius 2 is 2.39 bits per heavy atom. The second-order valence-corrected chi connectivity index (χ2v) is 5.42. The highest BCUT2D eigenvalue weighted by molar-refractivity contribution is 5.94. The molecule has 4 rings (SSSR count). The highest BCUT2D eigenvalue weighted by Gasteiger charge is 2.41. The summed E-state index contributed by atoms with van der Waals surface area (Å²) in [5.41, 5.74) is 6.51. The lowest BCUT2D eigenvalue weighted by molar-refractivity contribution is 0.0107. The minimum atomic E-state index is 0.133. The van der Waals surface area contributed by atoms with Crippen molar-refractivity contribution >= 4 is 5.91 Å². The topological polar surface area (TPSA) is 59.2 Å². The van der Waals surface area contributed by atoms with Crippen LogP contribution in [0, 0.1) is 11.8 Å². The molecule has 2 aliphatic heterocycles. The highest BCUT2D eigenvalue weighted by Crippen LogP contribution is 2.39. The van der Waals surface area contributed by atoms with E-state index in [0.717, 1.165) is 25.9 Å². The molecule has 0 spiro atoms. The monoisotopic (exact) mass is 245 g/mol. The number of fused-ring (bicyclic) bond motifs is 3. The lowest BCUT2D eigenvalue weighted by Gasteiger charge is -2.49. The van der Waals surface area contributed by atoms with Gasteiger partial charge in [0, 0.05) is 25.0 Å². The smallest absolute Gasteiger partial charge is 0.255 e. The quantitative estimate of drug-likeness (QED) is 0.854. The van der Waals surface area contributed by atoms with Gasteiger partial charge in [-0.25, -0.2) is 0 Å². The van der Waals surface area contributed by atoms with E-state index in [1.807, 2.05) is 17.0 Å². The van der Waals surface area contributed by atoms with Crippen molar-refractivity contribution in [3.8, 4) is 0 Å². The average molecular weight is 245 g/mol. The second-order valence-electron chi connectivity index (χ2n) is 5.42. The first kappa shape index (κ1) is 11.7. The maximum absolute atomic E-state index is 12.4. The van der Waals surface area contributed by atoms with E-state index in [1.165, 1.54) is 6.42 Å². The lowest BCUT2D eigenvalue weighted by Crippen LogP contribution is -2.55. The van der Waals surface area contributed by atoms with Crippen LogP contribution < -0.4 is 5.73 Å². The van der Waals surface area contributed by atoms with E-state index in [2.05, 4.69) is 4.98 Å². The molecule has 3 unspecified atom stereocenters. The molecule has 2 saturated heterocycles. The number of amides is 1. The number of carbonyl (C=O) groups is 1. The van der Waals surface area contributed by atoms with Crippen LogP contribution in [0.5, 0.6) is 0 Å². The van der Waals surface area contributed by atoms with Gasteiger partial charge in [-0.05, 0) is 49.8 Å². The summed E-state index contributed by atoms with van der Waals surface area (Å²) in [7, 11) is 0. The van der Waals surface area contributed by atoms with Gasteiger partial charge in [-0.3, -0.25) is 9.78 Å². The Hall–Kier alpha value is -1.42. The third-order valence-corrected chi connectivity index (χ3v) is 4.46. The van der Waals surface area contributed by atoms with E-state index in [0.29, 0.717) is 23.4 Å². The van der Waals surface area contributed by atoms with Crippen LogP contribution in [0.25, 0.3) is 0 Å². The maximum atomic E-state index is 12.4. The molecule has 3 aliphatic rings. The van der Waals surface area contributed by atoms with E-state index in [9.17, 15) is 4.79 Å². The third-order valence-electron chi connectivity index (χ3n) is 4.46. The van der Waals surface area contributed by atoms with Crippen molar-refractivity contribution in [3.63, 3.8) is 0 Å². The molecule has 1 aromatic rings. The molecule has 4 nitrogen and oxygen atoms in total. The standard InChI is InChI=1S/C14H19N3O/c15-7-12-6-13-4-3-11(12)9-17(13)14(18)10-2-1-5-16-8-10/h1-2,5,8,11-13H,3-4,6-7,9,15H2. The molecule has 3 fully saturated rings. The van der Waals surface area contributed by atoms with Crippen LogP contribution >= 0.6 is 0 Å². The van der Waals surface area contributed by atoms with Crippen molar-refractivity contribution < 1.29 is 4.79 Å². The number of carbonyl (C=O) groups excluding carboxylic acids is 1. The molecule has 2 bridgehead atoms. The van der Waals surface area contributed by atoms with Crippen molar-refractivity contribution in [1.29, 1.82) is 0 Å². The molecule has 1 aliphatic carbocycles.